The van der Waals surface area contributed by atoms with Crippen molar-refractivity contribution < 1.29 is 9.53 Å². The van der Waals surface area contributed by atoms with Crippen LogP contribution < -0.4 is 4.74 Å². The maximum absolute atomic E-state index is 12.4. The average molecular weight is 398 g/mol. The van der Waals surface area contributed by atoms with E-state index in [-0.39, 0.29) is 12.1 Å². The molecule has 0 unspecified atom stereocenters. The van der Waals surface area contributed by atoms with Crippen molar-refractivity contribution in [3.8, 4) is 17.0 Å². The maximum atomic E-state index is 12.4. The molecule has 0 N–H and O–H groups in total. The van der Waals surface area contributed by atoms with Crippen LogP contribution in [0.2, 0.25) is 5.02 Å². The number of nitrogens with zero attached hydrogens (tertiary/aromatic N) is 5. The number of aryl methyl sites for hydroxylation is 1. The molecule has 2 aromatic heterocycles. The molecule has 7 nitrogen and oxygen atoms in total. The molecule has 0 aliphatic carbocycles. The lowest BCUT2D eigenvalue weighted by atomic mass is 10.1. The van der Waals surface area contributed by atoms with Gasteiger partial charge in [0.2, 0.25) is 0 Å². The predicted octanol–water partition coefficient (Wildman–Crippen LogP) is 4.14. The zero-order valence-corrected chi connectivity index (χ0v) is 16.2. The zero-order chi connectivity index (χ0) is 19.5. The first-order valence-corrected chi connectivity index (χ1v) is 9.54. The first kappa shape index (κ1) is 18.4. The summed E-state index contributed by atoms with van der Waals surface area (Å²) in [5, 5.41) is 9.24. The number of likely N-dealkylation sites (tertiary alicyclic amines) is 1. The Balaban J connectivity index is 1.36. The summed E-state index contributed by atoms with van der Waals surface area (Å²) in [7, 11) is 0. The number of ether oxygens (including phenoxy) is 1. The molecule has 28 heavy (non-hydrogen) atoms. The van der Waals surface area contributed by atoms with E-state index in [0.29, 0.717) is 29.6 Å². The first-order valence-electron chi connectivity index (χ1n) is 9.16. The smallest absolute Gasteiger partial charge is 0.408 e. The molecule has 1 fully saturated rings. The summed E-state index contributed by atoms with van der Waals surface area (Å²) in [6.45, 7) is 3.04. The largest absolute Gasteiger partial charge is 0.415 e. The minimum absolute atomic E-state index is 0.206. The molecular weight excluding hydrogens is 378 g/mol. The number of hydrogen-bond donors (Lipinski definition) is 0. The number of piperidine rings is 1. The molecule has 1 aliphatic heterocycles. The third-order valence-corrected chi connectivity index (χ3v) is 5.15. The number of aromatic nitrogens is 4. The van der Waals surface area contributed by atoms with Gasteiger partial charge in [-0.1, -0.05) is 28.9 Å². The number of rotatable bonds is 3. The molecular formula is C20H20ClN5O2. The Morgan fingerprint density at radius 2 is 1.93 bits per heavy atom. The van der Waals surface area contributed by atoms with Crippen molar-refractivity contribution in [2.24, 2.45) is 0 Å². The molecule has 1 amide bonds. The Labute approximate surface area is 167 Å². The van der Waals surface area contributed by atoms with Gasteiger partial charge in [0.1, 0.15) is 5.69 Å². The van der Waals surface area contributed by atoms with Crippen LogP contribution in [0.1, 0.15) is 24.6 Å². The SMILES string of the molecule is Cc1ncccc1OC(=O)N1CCC(n2cc(-c3ccc(Cl)cc3)nn2)CC1. The molecule has 0 saturated carbocycles. The molecule has 1 aliphatic rings. The van der Waals surface area contributed by atoms with Crippen molar-refractivity contribution in [2.75, 3.05) is 13.1 Å². The molecule has 0 bridgehead atoms. The van der Waals surface area contributed by atoms with Crippen molar-refractivity contribution in [3.63, 3.8) is 0 Å². The van der Waals surface area contributed by atoms with Gasteiger partial charge in [0.25, 0.3) is 0 Å². The van der Waals surface area contributed by atoms with Gasteiger partial charge < -0.3 is 9.64 Å². The normalized spacial score (nSPS) is 14.9. The van der Waals surface area contributed by atoms with Gasteiger partial charge >= 0.3 is 6.09 Å². The highest BCUT2D eigenvalue weighted by Gasteiger charge is 2.26. The summed E-state index contributed by atoms with van der Waals surface area (Å²) in [6.07, 6.45) is 4.87. The van der Waals surface area contributed by atoms with Gasteiger partial charge in [-0.3, -0.25) is 4.98 Å². The number of carbonyl (C=O) groups excluding carboxylic acids is 1. The monoisotopic (exact) mass is 397 g/mol. The molecule has 1 aromatic carbocycles. The van der Waals surface area contributed by atoms with Crippen molar-refractivity contribution in [3.05, 3.63) is 59.5 Å². The molecule has 0 spiro atoms. The van der Waals surface area contributed by atoms with Crippen molar-refractivity contribution in [2.45, 2.75) is 25.8 Å². The lowest BCUT2D eigenvalue weighted by Gasteiger charge is -2.31. The van der Waals surface area contributed by atoms with Crippen LogP contribution in [0.4, 0.5) is 4.79 Å². The van der Waals surface area contributed by atoms with E-state index in [2.05, 4.69) is 15.3 Å². The van der Waals surface area contributed by atoms with Gasteiger partial charge in [-0.05, 0) is 44.0 Å². The highest BCUT2D eigenvalue weighted by molar-refractivity contribution is 6.30. The quantitative estimate of drug-likeness (QED) is 0.664. The van der Waals surface area contributed by atoms with Crippen LogP contribution in [0.3, 0.4) is 0 Å². The topological polar surface area (TPSA) is 73.1 Å². The van der Waals surface area contributed by atoms with Crippen LogP contribution in [0.25, 0.3) is 11.3 Å². The number of pyridine rings is 1. The summed E-state index contributed by atoms with van der Waals surface area (Å²) in [5.41, 5.74) is 2.48. The minimum atomic E-state index is -0.338. The Bertz CT molecular complexity index is 965. The van der Waals surface area contributed by atoms with Gasteiger partial charge in [-0.2, -0.15) is 0 Å². The predicted molar refractivity (Wildman–Crippen MR) is 105 cm³/mol. The Hall–Kier alpha value is -2.93. The standard InChI is InChI=1S/C20H20ClN5O2/c1-14-19(3-2-10-22-14)28-20(27)25-11-8-17(9-12-25)26-13-18(23-24-26)15-4-6-16(21)7-5-15/h2-7,10,13,17H,8-9,11-12H2,1H3. The van der Waals surface area contributed by atoms with Gasteiger partial charge in [-0.15, -0.1) is 5.10 Å². The molecule has 0 atom stereocenters. The third-order valence-electron chi connectivity index (χ3n) is 4.90. The highest BCUT2D eigenvalue weighted by Crippen LogP contribution is 2.25. The van der Waals surface area contributed by atoms with E-state index in [1.165, 1.54) is 0 Å². The summed E-state index contributed by atoms with van der Waals surface area (Å²) in [5.74, 6) is 0.499. The van der Waals surface area contributed by atoms with Gasteiger partial charge in [0.15, 0.2) is 5.75 Å². The second-order valence-electron chi connectivity index (χ2n) is 6.76. The van der Waals surface area contributed by atoms with Crippen LogP contribution in [0.5, 0.6) is 5.75 Å². The zero-order valence-electron chi connectivity index (χ0n) is 15.5. The molecule has 8 heteroatoms. The van der Waals surface area contributed by atoms with E-state index in [4.69, 9.17) is 16.3 Å². The first-order chi connectivity index (χ1) is 13.6. The number of halogens is 1. The summed E-state index contributed by atoms with van der Waals surface area (Å²) in [4.78, 5) is 18.3. The van der Waals surface area contributed by atoms with Crippen LogP contribution in [0.15, 0.2) is 48.8 Å². The summed E-state index contributed by atoms with van der Waals surface area (Å²) in [6, 6.07) is 11.2. The number of amides is 1. The molecule has 3 heterocycles. The lowest BCUT2D eigenvalue weighted by Crippen LogP contribution is -2.40. The van der Waals surface area contributed by atoms with Crippen molar-refractivity contribution >= 4 is 17.7 Å². The van der Waals surface area contributed by atoms with Gasteiger partial charge in [-0.25, -0.2) is 9.48 Å². The number of carbonyl (C=O) groups is 1. The fraction of sp³-hybridized carbons (Fsp3) is 0.300. The van der Waals surface area contributed by atoms with Crippen LogP contribution >= 0.6 is 11.6 Å². The second-order valence-corrected chi connectivity index (χ2v) is 7.20. The molecule has 1 saturated heterocycles. The lowest BCUT2D eigenvalue weighted by molar-refractivity contribution is 0.129. The average Bonchev–Trinajstić information content (AvgIpc) is 3.20. The fourth-order valence-corrected chi connectivity index (χ4v) is 3.38. The van der Waals surface area contributed by atoms with E-state index in [1.54, 1.807) is 23.2 Å². The minimum Gasteiger partial charge on any atom is -0.408 e. The maximum Gasteiger partial charge on any atom is 0.415 e. The van der Waals surface area contributed by atoms with E-state index < -0.39 is 0 Å². The highest BCUT2D eigenvalue weighted by atomic mass is 35.5. The summed E-state index contributed by atoms with van der Waals surface area (Å²) < 4.78 is 7.36. The van der Waals surface area contributed by atoms with Crippen LogP contribution in [-0.2, 0) is 0 Å². The fourth-order valence-electron chi connectivity index (χ4n) is 3.26. The van der Waals surface area contributed by atoms with Crippen LogP contribution in [0, 0.1) is 6.92 Å². The Kier molecular flexibility index (Phi) is 5.25. The third kappa shape index (κ3) is 3.99. The molecule has 3 aromatic rings. The number of benzene rings is 1. The van der Waals surface area contributed by atoms with E-state index in [1.807, 2.05) is 42.1 Å². The Morgan fingerprint density at radius 3 is 2.64 bits per heavy atom. The second kappa shape index (κ2) is 7.98. The van der Waals surface area contributed by atoms with E-state index >= 15 is 0 Å². The van der Waals surface area contributed by atoms with E-state index in [9.17, 15) is 4.79 Å². The van der Waals surface area contributed by atoms with Crippen molar-refractivity contribution in [1.82, 2.24) is 24.9 Å². The number of hydrogen-bond acceptors (Lipinski definition) is 5. The Morgan fingerprint density at radius 1 is 1.18 bits per heavy atom. The molecule has 144 valence electrons. The van der Waals surface area contributed by atoms with Crippen molar-refractivity contribution in [1.29, 1.82) is 0 Å². The van der Waals surface area contributed by atoms with E-state index in [0.717, 1.165) is 24.1 Å². The molecule has 0 radical (unpaired) electrons. The summed E-state index contributed by atoms with van der Waals surface area (Å²) >= 11 is 5.94. The van der Waals surface area contributed by atoms with Crippen LogP contribution in [-0.4, -0.2) is 44.1 Å². The molecule has 4 rings (SSSR count). The van der Waals surface area contributed by atoms with Gasteiger partial charge in [0.05, 0.1) is 17.9 Å². The van der Waals surface area contributed by atoms with Gasteiger partial charge in [0, 0.05) is 29.9 Å².